The van der Waals surface area contributed by atoms with E-state index in [4.69, 9.17) is 4.74 Å². The van der Waals surface area contributed by atoms with Gasteiger partial charge in [0.25, 0.3) is 0 Å². The molecule has 8 heteroatoms. The molecule has 20 heavy (non-hydrogen) atoms. The molecule has 0 aliphatic heterocycles. The maximum atomic E-state index is 11.3. The van der Waals surface area contributed by atoms with Gasteiger partial charge in [0.2, 0.25) is 10.0 Å². The smallest absolute Gasteiger partial charge is 0.407 e. The average Bonchev–Trinajstić information content (AvgIpc) is 2.25. The Labute approximate surface area is 121 Å². The topological polar surface area (TPSA) is 96.5 Å². The van der Waals surface area contributed by atoms with Crippen LogP contribution in [0.5, 0.6) is 0 Å². The van der Waals surface area contributed by atoms with Gasteiger partial charge in [-0.15, -0.1) is 0 Å². The molecule has 0 bridgehead atoms. The van der Waals surface area contributed by atoms with Gasteiger partial charge >= 0.3 is 6.09 Å². The van der Waals surface area contributed by atoms with Crippen LogP contribution in [0.3, 0.4) is 0 Å². The molecule has 0 radical (unpaired) electrons. The maximum absolute atomic E-state index is 11.3. The Balaban J connectivity index is 3.53. The quantitative estimate of drug-likeness (QED) is 0.537. The van der Waals surface area contributed by atoms with Crippen LogP contribution in [0.15, 0.2) is 0 Å². The van der Waals surface area contributed by atoms with E-state index >= 15 is 0 Å². The number of hydrogen-bond acceptors (Lipinski definition) is 5. The van der Waals surface area contributed by atoms with E-state index in [9.17, 15) is 13.2 Å². The summed E-state index contributed by atoms with van der Waals surface area (Å²) >= 11 is 0. The van der Waals surface area contributed by atoms with Crippen LogP contribution in [-0.4, -0.2) is 52.0 Å². The number of carbonyl (C=O) groups is 1. The number of hydrogen-bond donors (Lipinski definition) is 3. The van der Waals surface area contributed by atoms with Gasteiger partial charge in [-0.05, 0) is 33.7 Å². The molecule has 0 rings (SSSR count). The van der Waals surface area contributed by atoms with E-state index in [0.717, 1.165) is 0 Å². The van der Waals surface area contributed by atoms with Gasteiger partial charge in [0.05, 0.1) is 5.75 Å². The van der Waals surface area contributed by atoms with Crippen molar-refractivity contribution < 1.29 is 17.9 Å². The molecule has 120 valence electrons. The fraction of sp³-hybridized carbons (Fsp3) is 0.917. The van der Waals surface area contributed by atoms with Gasteiger partial charge in [0.1, 0.15) is 5.60 Å². The fourth-order valence-electron chi connectivity index (χ4n) is 1.34. The van der Waals surface area contributed by atoms with Gasteiger partial charge in [-0.2, -0.15) is 0 Å². The van der Waals surface area contributed by atoms with Crippen molar-refractivity contribution in [2.24, 2.45) is 0 Å². The molecule has 0 heterocycles. The minimum atomic E-state index is -3.16. The first-order chi connectivity index (χ1) is 9.16. The van der Waals surface area contributed by atoms with Gasteiger partial charge in [-0.3, -0.25) is 0 Å². The molecular weight excluding hydrogens is 282 g/mol. The Morgan fingerprint density at radius 1 is 1.15 bits per heavy atom. The molecule has 0 spiro atoms. The van der Waals surface area contributed by atoms with Crippen molar-refractivity contribution in [2.45, 2.75) is 39.7 Å². The van der Waals surface area contributed by atoms with Gasteiger partial charge in [-0.1, -0.05) is 6.92 Å². The third-order valence-corrected chi connectivity index (χ3v) is 3.58. The van der Waals surface area contributed by atoms with Gasteiger partial charge < -0.3 is 15.4 Å². The number of alkyl carbamates (subject to hydrolysis) is 1. The standard InChI is InChI=1S/C12H27N3O4S/c1-5-15-20(17,18)10-9-13-7-6-8-14-11(16)19-12(2,3)4/h13,15H,5-10H2,1-4H3,(H,14,16). The van der Waals surface area contributed by atoms with Crippen molar-refractivity contribution >= 4 is 16.1 Å². The monoisotopic (exact) mass is 309 g/mol. The molecule has 0 fully saturated rings. The normalized spacial score (nSPS) is 12.2. The molecule has 1 amide bonds. The Hall–Kier alpha value is -0.860. The van der Waals surface area contributed by atoms with E-state index in [2.05, 4.69) is 15.4 Å². The highest BCUT2D eigenvalue weighted by Gasteiger charge is 2.15. The number of carbonyl (C=O) groups excluding carboxylic acids is 1. The Morgan fingerprint density at radius 3 is 2.35 bits per heavy atom. The van der Waals surface area contributed by atoms with Gasteiger partial charge in [0, 0.05) is 19.6 Å². The van der Waals surface area contributed by atoms with Crippen molar-refractivity contribution in [3.05, 3.63) is 0 Å². The molecule has 0 atom stereocenters. The summed E-state index contributed by atoms with van der Waals surface area (Å²) < 4.78 is 30.1. The van der Waals surface area contributed by atoms with Crippen LogP contribution in [-0.2, 0) is 14.8 Å². The van der Waals surface area contributed by atoms with E-state index in [-0.39, 0.29) is 5.75 Å². The molecule has 0 unspecified atom stereocenters. The number of ether oxygens (including phenoxy) is 1. The lowest BCUT2D eigenvalue weighted by Crippen LogP contribution is -2.35. The van der Waals surface area contributed by atoms with Crippen LogP contribution in [0.2, 0.25) is 0 Å². The highest BCUT2D eigenvalue weighted by Crippen LogP contribution is 2.06. The Bertz CT molecular complexity index is 377. The first-order valence-corrected chi connectivity index (χ1v) is 8.46. The summed E-state index contributed by atoms with van der Waals surface area (Å²) in [7, 11) is -3.16. The third kappa shape index (κ3) is 12.2. The number of sulfonamides is 1. The summed E-state index contributed by atoms with van der Waals surface area (Å²) in [6, 6.07) is 0. The van der Waals surface area contributed by atoms with E-state index in [1.165, 1.54) is 0 Å². The lowest BCUT2D eigenvalue weighted by Gasteiger charge is -2.19. The summed E-state index contributed by atoms with van der Waals surface area (Å²) in [4.78, 5) is 11.3. The minimum absolute atomic E-state index is 0.0559. The van der Waals surface area contributed by atoms with E-state index in [1.807, 2.05) is 0 Å². The fourth-order valence-corrected chi connectivity index (χ4v) is 2.34. The summed E-state index contributed by atoms with van der Waals surface area (Å²) in [5.74, 6) is 0.0559. The van der Waals surface area contributed by atoms with Crippen LogP contribution in [0.25, 0.3) is 0 Å². The maximum Gasteiger partial charge on any atom is 0.407 e. The predicted octanol–water partition coefficient (Wildman–Crippen LogP) is 0.430. The highest BCUT2D eigenvalue weighted by molar-refractivity contribution is 7.89. The predicted molar refractivity (Wildman–Crippen MR) is 79.2 cm³/mol. The number of amides is 1. The summed E-state index contributed by atoms with van der Waals surface area (Å²) in [6.45, 7) is 9.08. The van der Waals surface area contributed by atoms with Crippen molar-refractivity contribution in [3.63, 3.8) is 0 Å². The van der Waals surface area contributed by atoms with Crippen LogP contribution in [0.4, 0.5) is 4.79 Å². The molecule has 0 saturated carbocycles. The lowest BCUT2D eigenvalue weighted by molar-refractivity contribution is 0.0527. The van der Waals surface area contributed by atoms with E-state index in [0.29, 0.717) is 32.6 Å². The van der Waals surface area contributed by atoms with Crippen LogP contribution in [0.1, 0.15) is 34.1 Å². The molecule has 7 nitrogen and oxygen atoms in total. The summed E-state index contributed by atoms with van der Waals surface area (Å²) in [5.41, 5.74) is -0.497. The molecule has 0 saturated heterocycles. The lowest BCUT2D eigenvalue weighted by atomic mass is 10.2. The Kier molecular flexibility index (Phi) is 8.75. The zero-order valence-electron chi connectivity index (χ0n) is 12.8. The van der Waals surface area contributed by atoms with Crippen molar-refractivity contribution in [2.75, 3.05) is 31.9 Å². The van der Waals surface area contributed by atoms with Crippen molar-refractivity contribution in [1.29, 1.82) is 0 Å². The molecule has 0 aromatic rings. The molecule has 0 aromatic carbocycles. The van der Waals surface area contributed by atoms with Gasteiger partial charge in [-0.25, -0.2) is 17.9 Å². The van der Waals surface area contributed by atoms with Crippen molar-refractivity contribution in [1.82, 2.24) is 15.4 Å². The van der Waals surface area contributed by atoms with E-state index in [1.54, 1.807) is 27.7 Å². The van der Waals surface area contributed by atoms with Crippen molar-refractivity contribution in [3.8, 4) is 0 Å². The molecule has 0 aliphatic carbocycles. The minimum Gasteiger partial charge on any atom is -0.444 e. The highest BCUT2D eigenvalue weighted by atomic mass is 32.2. The van der Waals surface area contributed by atoms with Crippen LogP contribution < -0.4 is 15.4 Å². The molecular formula is C12H27N3O4S. The Morgan fingerprint density at radius 2 is 1.80 bits per heavy atom. The summed E-state index contributed by atoms with van der Waals surface area (Å²) in [6.07, 6.45) is 0.271. The molecule has 0 aromatic heterocycles. The average molecular weight is 309 g/mol. The first kappa shape index (κ1) is 19.1. The first-order valence-electron chi connectivity index (χ1n) is 6.81. The van der Waals surface area contributed by atoms with Crippen LogP contribution >= 0.6 is 0 Å². The zero-order valence-corrected chi connectivity index (χ0v) is 13.6. The second-order valence-corrected chi connectivity index (χ2v) is 7.28. The third-order valence-electron chi connectivity index (χ3n) is 2.11. The zero-order chi connectivity index (χ0) is 15.6. The SMILES string of the molecule is CCNS(=O)(=O)CCNCCCNC(=O)OC(C)(C)C. The van der Waals surface area contributed by atoms with Crippen LogP contribution in [0, 0.1) is 0 Å². The second-order valence-electron chi connectivity index (χ2n) is 5.35. The largest absolute Gasteiger partial charge is 0.444 e. The van der Waals surface area contributed by atoms with Gasteiger partial charge in [0.15, 0.2) is 0 Å². The number of nitrogens with one attached hydrogen (secondary N) is 3. The van der Waals surface area contributed by atoms with E-state index < -0.39 is 21.7 Å². The summed E-state index contributed by atoms with van der Waals surface area (Å²) in [5, 5.41) is 5.65. The molecule has 3 N–H and O–H groups in total. The number of rotatable bonds is 9. The molecule has 0 aliphatic rings. The second kappa shape index (κ2) is 9.15.